The minimum Gasteiger partial charge on any atom is -0.357 e. The molecule has 0 aromatic heterocycles. The molecule has 6 nitrogen and oxygen atoms in total. The molecule has 1 aliphatic carbocycles. The Kier molecular flexibility index (Phi) is 9.01. The highest BCUT2D eigenvalue weighted by Crippen LogP contribution is 2.42. The summed E-state index contributed by atoms with van der Waals surface area (Å²) in [5.41, 5.74) is 0. The van der Waals surface area contributed by atoms with E-state index in [1.54, 1.807) is 4.31 Å². The zero-order valence-electron chi connectivity index (χ0n) is 16.7. The molecule has 0 aromatic rings. The Bertz CT molecular complexity index is 603. The standard InChI is InChI=1S/C18H34N4O2S2.HI/c1-3-19-17(20-14-16-8-7-11-22(16)26(2,23)24)21-12-13-25-18(15-21)9-5-4-6-10-18;/h16H,3-15H2,1-2H3,(H,19,20);1H/t16-;/m1./s1. The molecule has 2 saturated heterocycles. The highest BCUT2D eigenvalue weighted by atomic mass is 127. The molecule has 1 spiro atoms. The number of hydrogen-bond acceptors (Lipinski definition) is 4. The van der Waals surface area contributed by atoms with Crippen LogP contribution in [0.1, 0.15) is 51.9 Å². The smallest absolute Gasteiger partial charge is 0.211 e. The molecule has 0 unspecified atom stereocenters. The van der Waals surface area contributed by atoms with E-state index in [1.807, 2.05) is 0 Å². The minimum absolute atomic E-state index is 0. The third kappa shape index (κ3) is 6.12. The molecule has 3 aliphatic rings. The SMILES string of the molecule is CCNC(=NC[C@H]1CCCN1S(C)(=O)=O)N1CCSC2(CCCCC2)C1.I. The highest BCUT2D eigenvalue weighted by molar-refractivity contribution is 14.0. The molecule has 3 fully saturated rings. The Morgan fingerprint density at radius 2 is 1.96 bits per heavy atom. The fraction of sp³-hybridized carbons (Fsp3) is 0.944. The van der Waals surface area contributed by atoms with Gasteiger partial charge in [-0.1, -0.05) is 19.3 Å². The van der Waals surface area contributed by atoms with Crippen LogP contribution in [0, 0.1) is 0 Å². The lowest BCUT2D eigenvalue weighted by Gasteiger charge is -2.45. The zero-order valence-corrected chi connectivity index (χ0v) is 20.6. The third-order valence-corrected chi connectivity index (χ3v) is 8.72. The molecule has 1 N–H and O–H groups in total. The summed E-state index contributed by atoms with van der Waals surface area (Å²) in [7, 11) is -3.13. The number of halogens is 1. The Balaban J connectivity index is 0.00000261. The molecule has 0 radical (unpaired) electrons. The normalized spacial score (nSPS) is 26.8. The molecule has 158 valence electrons. The maximum atomic E-state index is 12.0. The molecule has 27 heavy (non-hydrogen) atoms. The van der Waals surface area contributed by atoms with Gasteiger partial charge in [0.25, 0.3) is 0 Å². The number of rotatable bonds is 4. The van der Waals surface area contributed by atoms with Crippen LogP contribution >= 0.6 is 35.7 Å². The topological polar surface area (TPSA) is 65.0 Å². The molecule has 9 heteroatoms. The second-order valence-corrected chi connectivity index (χ2v) is 11.4. The summed E-state index contributed by atoms with van der Waals surface area (Å²) in [4.78, 5) is 7.30. The van der Waals surface area contributed by atoms with Crippen molar-refractivity contribution in [3.8, 4) is 0 Å². The molecular weight excluding hydrogens is 495 g/mol. The van der Waals surface area contributed by atoms with Crippen molar-refractivity contribution in [2.75, 3.05) is 44.7 Å². The van der Waals surface area contributed by atoms with E-state index in [1.165, 1.54) is 38.4 Å². The summed E-state index contributed by atoms with van der Waals surface area (Å²) in [6.45, 7) is 6.24. The number of thioether (sulfide) groups is 1. The monoisotopic (exact) mass is 530 g/mol. The van der Waals surface area contributed by atoms with E-state index < -0.39 is 10.0 Å². The molecule has 3 rings (SSSR count). The van der Waals surface area contributed by atoms with Gasteiger partial charge in [0.05, 0.1) is 12.8 Å². The van der Waals surface area contributed by atoms with Gasteiger partial charge in [-0.25, -0.2) is 8.42 Å². The molecule has 1 atom stereocenters. The second kappa shape index (κ2) is 10.3. The van der Waals surface area contributed by atoms with Crippen LogP contribution in [0.15, 0.2) is 4.99 Å². The number of nitrogens with one attached hydrogen (secondary N) is 1. The maximum Gasteiger partial charge on any atom is 0.211 e. The van der Waals surface area contributed by atoms with Gasteiger partial charge in [-0.15, -0.1) is 24.0 Å². The summed E-state index contributed by atoms with van der Waals surface area (Å²) in [5, 5.41) is 3.45. The Morgan fingerprint density at radius 3 is 2.63 bits per heavy atom. The molecule has 2 aliphatic heterocycles. The minimum atomic E-state index is -3.13. The first-order valence-corrected chi connectivity index (χ1v) is 12.9. The Labute approximate surface area is 186 Å². The van der Waals surface area contributed by atoms with Crippen molar-refractivity contribution >= 4 is 51.7 Å². The van der Waals surface area contributed by atoms with Crippen molar-refractivity contribution in [3.05, 3.63) is 0 Å². The summed E-state index contributed by atoms with van der Waals surface area (Å²) in [5.74, 6) is 2.13. The molecule has 0 bridgehead atoms. The lowest BCUT2D eigenvalue weighted by molar-refractivity contribution is 0.292. The van der Waals surface area contributed by atoms with E-state index in [-0.39, 0.29) is 30.0 Å². The van der Waals surface area contributed by atoms with Crippen LogP contribution in [-0.4, -0.2) is 79.1 Å². The first-order valence-electron chi connectivity index (χ1n) is 10.1. The van der Waals surface area contributed by atoms with E-state index >= 15 is 0 Å². The predicted molar refractivity (Wildman–Crippen MR) is 126 cm³/mol. The van der Waals surface area contributed by atoms with E-state index in [9.17, 15) is 8.42 Å². The Hall–Kier alpha value is 0.260. The van der Waals surface area contributed by atoms with E-state index in [2.05, 4.69) is 28.9 Å². The lowest BCUT2D eigenvalue weighted by atomic mass is 9.87. The van der Waals surface area contributed by atoms with Crippen LogP contribution in [0.25, 0.3) is 0 Å². The lowest BCUT2D eigenvalue weighted by Crippen LogP contribution is -2.53. The van der Waals surface area contributed by atoms with Crippen LogP contribution in [0.2, 0.25) is 0 Å². The summed E-state index contributed by atoms with van der Waals surface area (Å²) >= 11 is 2.16. The van der Waals surface area contributed by atoms with E-state index in [0.29, 0.717) is 17.8 Å². The predicted octanol–water partition coefficient (Wildman–Crippen LogP) is 2.75. The van der Waals surface area contributed by atoms with Crippen molar-refractivity contribution < 1.29 is 8.42 Å². The van der Waals surface area contributed by atoms with Crippen molar-refractivity contribution in [2.24, 2.45) is 4.99 Å². The van der Waals surface area contributed by atoms with Gasteiger partial charge >= 0.3 is 0 Å². The number of hydrogen-bond donors (Lipinski definition) is 1. The molecule has 0 aromatic carbocycles. The summed E-state index contributed by atoms with van der Waals surface area (Å²) in [6.07, 6.45) is 9.87. The van der Waals surface area contributed by atoms with Gasteiger partial charge in [-0.2, -0.15) is 16.1 Å². The Morgan fingerprint density at radius 1 is 1.22 bits per heavy atom. The number of guanidine groups is 1. The van der Waals surface area contributed by atoms with Gasteiger partial charge in [0, 0.05) is 42.7 Å². The third-order valence-electron chi connectivity index (χ3n) is 5.85. The number of aliphatic imine (C=N–C) groups is 1. The average molecular weight is 531 g/mol. The van der Waals surface area contributed by atoms with Gasteiger partial charge in [-0.3, -0.25) is 4.99 Å². The van der Waals surface area contributed by atoms with Crippen molar-refractivity contribution in [1.82, 2.24) is 14.5 Å². The van der Waals surface area contributed by atoms with Gasteiger partial charge in [0.1, 0.15) is 0 Å². The zero-order chi connectivity index (χ0) is 18.6. The number of nitrogens with zero attached hydrogens (tertiary/aromatic N) is 3. The van der Waals surface area contributed by atoms with E-state index in [0.717, 1.165) is 44.2 Å². The first-order chi connectivity index (χ1) is 12.4. The van der Waals surface area contributed by atoms with Crippen molar-refractivity contribution in [1.29, 1.82) is 0 Å². The van der Waals surface area contributed by atoms with Crippen LogP contribution in [0.5, 0.6) is 0 Å². The fourth-order valence-corrected chi connectivity index (χ4v) is 7.31. The quantitative estimate of drug-likeness (QED) is 0.344. The molecule has 0 amide bonds. The fourth-order valence-electron chi connectivity index (χ4n) is 4.57. The van der Waals surface area contributed by atoms with Crippen LogP contribution in [0.3, 0.4) is 0 Å². The largest absolute Gasteiger partial charge is 0.357 e. The van der Waals surface area contributed by atoms with Gasteiger partial charge in [0.2, 0.25) is 10.0 Å². The molecular formula is C18H35IN4O2S2. The van der Waals surface area contributed by atoms with Crippen molar-refractivity contribution in [2.45, 2.75) is 62.7 Å². The van der Waals surface area contributed by atoms with Gasteiger partial charge < -0.3 is 10.2 Å². The van der Waals surface area contributed by atoms with Crippen molar-refractivity contribution in [3.63, 3.8) is 0 Å². The average Bonchev–Trinajstić information content (AvgIpc) is 3.08. The van der Waals surface area contributed by atoms with Gasteiger partial charge in [-0.05, 0) is 32.6 Å². The van der Waals surface area contributed by atoms with E-state index in [4.69, 9.17) is 4.99 Å². The number of sulfonamides is 1. The summed E-state index contributed by atoms with van der Waals surface area (Å²) in [6, 6.07) is 0.0152. The molecule has 1 saturated carbocycles. The second-order valence-electron chi connectivity index (χ2n) is 7.88. The maximum absolute atomic E-state index is 12.0. The highest BCUT2D eigenvalue weighted by Gasteiger charge is 2.38. The van der Waals surface area contributed by atoms with Crippen LogP contribution in [-0.2, 0) is 10.0 Å². The summed E-state index contributed by atoms with van der Waals surface area (Å²) < 4.78 is 26.0. The first kappa shape index (κ1) is 23.5. The van der Waals surface area contributed by atoms with Crippen LogP contribution in [0.4, 0.5) is 0 Å². The van der Waals surface area contributed by atoms with Crippen LogP contribution < -0.4 is 5.32 Å². The molecule has 2 heterocycles. The van der Waals surface area contributed by atoms with Gasteiger partial charge in [0.15, 0.2) is 5.96 Å².